The third kappa shape index (κ3) is 4.75. The average molecular weight is 487 g/mol. The van der Waals surface area contributed by atoms with Crippen LogP contribution in [0.15, 0.2) is 47.4 Å². The van der Waals surface area contributed by atoms with Crippen LogP contribution in [0.25, 0.3) is 0 Å². The summed E-state index contributed by atoms with van der Waals surface area (Å²) in [5.74, 6) is -0.600. The number of rotatable bonds is 5. The van der Waals surface area contributed by atoms with E-state index >= 15 is 0 Å². The van der Waals surface area contributed by atoms with Crippen molar-refractivity contribution in [1.82, 2.24) is 14.5 Å². The summed E-state index contributed by atoms with van der Waals surface area (Å²) in [6.45, 7) is 3.77. The van der Waals surface area contributed by atoms with Gasteiger partial charge >= 0.3 is 0 Å². The summed E-state index contributed by atoms with van der Waals surface area (Å²) in [6.07, 6.45) is 0. The molecule has 2 N–H and O–H groups in total. The third-order valence-electron chi connectivity index (χ3n) is 5.83. The zero-order valence-electron chi connectivity index (χ0n) is 18.9. The number of amides is 3. The topological polar surface area (TPSA) is 125 Å². The molecule has 34 heavy (non-hydrogen) atoms. The number of ether oxygens (including phenoxy) is 1. The van der Waals surface area contributed by atoms with Crippen LogP contribution in [-0.4, -0.2) is 74.2 Å². The SMILES string of the molecule is Cc1cc2c(cc1S(=O)(=O)N1CCN(C(=O)[C@H](C)NC(=O)c3ccccc3)CC1)OCC(=O)N2. The highest BCUT2D eigenvalue weighted by Crippen LogP contribution is 2.34. The normalized spacial score (nSPS) is 17.2. The Kier molecular flexibility index (Phi) is 6.58. The van der Waals surface area contributed by atoms with E-state index in [1.165, 1.54) is 10.4 Å². The van der Waals surface area contributed by atoms with Crippen molar-refractivity contribution in [3.63, 3.8) is 0 Å². The van der Waals surface area contributed by atoms with E-state index in [0.717, 1.165) is 0 Å². The molecule has 180 valence electrons. The fraction of sp³-hybridized carbons (Fsp3) is 0.348. The Hall–Kier alpha value is -3.44. The molecule has 0 aliphatic carbocycles. The molecule has 2 heterocycles. The number of hydrogen-bond donors (Lipinski definition) is 2. The Morgan fingerprint density at radius 1 is 1.09 bits per heavy atom. The van der Waals surface area contributed by atoms with Crippen LogP contribution in [0.3, 0.4) is 0 Å². The molecule has 1 atom stereocenters. The standard InChI is InChI=1S/C23H26N4O6S/c1-15-12-18-19(33-14-21(28)25-18)13-20(15)34(31,32)27-10-8-26(9-11-27)23(30)16(2)24-22(29)17-6-4-3-5-7-17/h3-7,12-13,16H,8-11,14H2,1-2H3,(H,24,29)(H,25,28)/t16-/m0/s1. The number of piperazine rings is 1. The van der Waals surface area contributed by atoms with Crippen molar-refractivity contribution < 1.29 is 27.5 Å². The van der Waals surface area contributed by atoms with Gasteiger partial charge in [0.05, 0.1) is 10.6 Å². The van der Waals surface area contributed by atoms with E-state index in [1.54, 1.807) is 55.1 Å². The summed E-state index contributed by atoms with van der Waals surface area (Å²) in [4.78, 5) is 38.3. The number of nitrogens with zero attached hydrogens (tertiary/aromatic N) is 2. The van der Waals surface area contributed by atoms with Crippen LogP contribution < -0.4 is 15.4 Å². The van der Waals surface area contributed by atoms with Gasteiger partial charge in [0.25, 0.3) is 11.8 Å². The number of hydrogen-bond acceptors (Lipinski definition) is 6. The molecule has 2 aromatic carbocycles. The van der Waals surface area contributed by atoms with Crippen molar-refractivity contribution in [1.29, 1.82) is 0 Å². The molecule has 1 fully saturated rings. The van der Waals surface area contributed by atoms with Gasteiger partial charge in [0, 0.05) is 37.8 Å². The molecule has 0 saturated carbocycles. The van der Waals surface area contributed by atoms with Gasteiger partial charge in [-0.15, -0.1) is 0 Å². The zero-order valence-corrected chi connectivity index (χ0v) is 19.7. The molecule has 0 spiro atoms. The Labute approximate surface area is 197 Å². The second-order valence-electron chi connectivity index (χ2n) is 8.24. The summed E-state index contributed by atoms with van der Waals surface area (Å²) in [7, 11) is -3.83. The maximum atomic E-state index is 13.3. The Balaban J connectivity index is 1.40. The van der Waals surface area contributed by atoms with Crippen LogP contribution in [0.1, 0.15) is 22.8 Å². The summed E-state index contributed by atoms with van der Waals surface area (Å²) in [6, 6.07) is 10.9. The zero-order chi connectivity index (χ0) is 24.5. The number of nitrogens with one attached hydrogen (secondary N) is 2. The quantitative estimate of drug-likeness (QED) is 0.649. The first-order valence-corrected chi connectivity index (χ1v) is 12.3. The highest BCUT2D eigenvalue weighted by molar-refractivity contribution is 7.89. The minimum absolute atomic E-state index is 0.102. The lowest BCUT2D eigenvalue weighted by molar-refractivity contribution is -0.134. The molecule has 4 rings (SSSR count). The molecule has 0 radical (unpaired) electrons. The molecule has 11 heteroatoms. The monoisotopic (exact) mass is 486 g/mol. The first-order chi connectivity index (χ1) is 16.2. The molecule has 0 aromatic heterocycles. The first-order valence-electron chi connectivity index (χ1n) is 10.9. The van der Waals surface area contributed by atoms with Crippen molar-refractivity contribution in [2.75, 3.05) is 38.1 Å². The number of carbonyl (C=O) groups excluding carboxylic acids is 3. The van der Waals surface area contributed by atoms with Gasteiger partial charge in [-0.1, -0.05) is 18.2 Å². The van der Waals surface area contributed by atoms with Crippen molar-refractivity contribution >= 4 is 33.4 Å². The molecule has 0 unspecified atom stereocenters. The fourth-order valence-corrected chi connectivity index (χ4v) is 5.63. The number of sulfonamides is 1. The number of aryl methyl sites for hydroxylation is 1. The lowest BCUT2D eigenvalue weighted by atomic mass is 10.2. The van der Waals surface area contributed by atoms with Gasteiger partial charge in [-0.05, 0) is 37.6 Å². The van der Waals surface area contributed by atoms with Crippen LogP contribution >= 0.6 is 0 Å². The van der Waals surface area contributed by atoms with Gasteiger partial charge in [-0.3, -0.25) is 14.4 Å². The van der Waals surface area contributed by atoms with Crippen LogP contribution in [0, 0.1) is 6.92 Å². The van der Waals surface area contributed by atoms with Gasteiger partial charge in [0.15, 0.2) is 6.61 Å². The highest BCUT2D eigenvalue weighted by atomic mass is 32.2. The highest BCUT2D eigenvalue weighted by Gasteiger charge is 2.33. The third-order valence-corrected chi connectivity index (χ3v) is 7.87. The van der Waals surface area contributed by atoms with Gasteiger partial charge in [-0.25, -0.2) is 8.42 Å². The van der Waals surface area contributed by atoms with Crippen LogP contribution in [0.5, 0.6) is 5.75 Å². The maximum absolute atomic E-state index is 13.3. The summed E-state index contributed by atoms with van der Waals surface area (Å²) in [5, 5.41) is 5.36. The summed E-state index contributed by atoms with van der Waals surface area (Å²) < 4.78 is 33.3. The van der Waals surface area contributed by atoms with E-state index in [1.807, 2.05) is 0 Å². The first kappa shape index (κ1) is 23.7. The van der Waals surface area contributed by atoms with Crippen molar-refractivity contribution in [2.45, 2.75) is 24.8 Å². The van der Waals surface area contributed by atoms with Gasteiger partial charge in [0.2, 0.25) is 15.9 Å². The molecular formula is C23H26N4O6S. The molecule has 2 aliphatic heterocycles. The predicted molar refractivity (Wildman–Crippen MR) is 124 cm³/mol. The molecule has 2 aromatic rings. The Morgan fingerprint density at radius 2 is 1.76 bits per heavy atom. The van der Waals surface area contributed by atoms with Gasteiger partial charge < -0.3 is 20.3 Å². The van der Waals surface area contributed by atoms with E-state index in [-0.39, 0.29) is 55.4 Å². The molecule has 10 nitrogen and oxygen atoms in total. The Bertz CT molecular complexity index is 1220. The number of benzene rings is 2. The van der Waals surface area contributed by atoms with Crippen molar-refractivity contribution in [2.24, 2.45) is 0 Å². The fourth-order valence-electron chi connectivity index (χ4n) is 3.99. The maximum Gasteiger partial charge on any atom is 0.262 e. The number of carbonyl (C=O) groups is 3. The van der Waals surface area contributed by atoms with Crippen LogP contribution in [0.2, 0.25) is 0 Å². The van der Waals surface area contributed by atoms with E-state index in [0.29, 0.717) is 22.6 Å². The van der Waals surface area contributed by atoms with Crippen molar-refractivity contribution in [3.05, 3.63) is 53.6 Å². The van der Waals surface area contributed by atoms with E-state index < -0.39 is 16.1 Å². The lowest BCUT2D eigenvalue weighted by Gasteiger charge is -2.35. The van der Waals surface area contributed by atoms with Gasteiger partial charge in [0.1, 0.15) is 11.8 Å². The second kappa shape index (κ2) is 9.43. The Morgan fingerprint density at radius 3 is 2.44 bits per heavy atom. The van der Waals surface area contributed by atoms with Crippen molar-refractivity contribution in [3.8, 4) is 5.75 Å². The van der Waals surface area contributed by atoms with Crippen LogP contribution in [-0.2, 0) is 19.6 Å². The summed E-state index contributed by atoms with van der Waals surface area (Å²) in [5.41, 5.74) is 1.39. The van der Waals surface area contributed by atoms with E-state index in [4.69, 9.17) is 4.74 Å². The smallest absolute Gasteiger partial charge is 0.262 e. The molecule has 1 saturated heterocycles. The molecule has 3 amide bonds. The number of fused-ring (bicyclic) bond motifs is 1. The van der Waals surface area contributed by atoms with E-state index in [2.05, 4.69) is 10.6 Å². The summed E-state index contributed by atoms with van der Waals surface area (Å²) >= 11 is 0. The average Bonchev–Trinajstić information content (AvgIpc) is 2.83. The van der Waals surface area contributed by atoms with Gasteiger partial charge in [-0.2, -0.15) is 4.31 Å². The second-order valence-corrected chi connectivity index (χ2v) is 10.1. The molecule has 2 aliphatic rings. The lowest BCUT2D eigenvalue weighted by Crippen LogP contribution is -2.55. The number of anilines is 1. The largest absolute Gasteiger partial charge is 0.482 e. The molecular weight excluding hydrogens is 460 g/mol. The van der Waals surface area contributed by atoms with Crippen LogP contribution in [0.4, 0.5) is 5.69 Å². The predicted octanol–water partition coefficient (Wildman–Crippen LogP) is 0.977. The minimum Gasteiger partial charge on any atom is -0.482 e. The van der Waals surface area contributed by atoms with E-state index in [9.17, 15) is 22.8 Å². The molecule has 0 bridgehead atoms. The minimum atomic E-state index is -3.83.